The molecule has 3 aromatic carbocycles. The zero-order valence-electron chi connectivity index (χ0n) is 18.1. The smallest absolute Gasteiger partial charge is 0.340 e. The largest absolute Gasteiger partial charge is 0.462 e. The number of anilines is 2. The van der Waals surface area contributed by atoms with E-state index in [0.29, 0.717) is 0 Å². The molecule has 1 amide bonds. The molecule has 0 fully saturated rings. The molecule has 3 rings (SSSR count). The highest BCUT2D eigenvalue weighted by atomic mass is 32.2. The average Bonchev–Trinajstić information content (AvgIpc) is 2.83. The first-order valence-corrected chi connectivity index (χ1v) is 11.6. The highest BCUT2D eigenvalue weighted by molar-refractivity contribution is 7.93. The fourth-order valence-electron chi connectivity index (χ4n) is 3.15. The van der Waals surface area contributed by atoms with Gasteiger partial charge in [0.25, 0.3) is 15.7 Å². The summed E-state index contributed by atoms with van der Waals surface area (Å²) in [6.45, 7) is 1.08. The van der Waals surface area contributed by atoms with Crippen molar-refractivity contribution in [1.29, 1.82) is 0 Å². The van der Waals surface area contributed by atoms with Gasteiger partial charge in [0, 0.05) is 6.07 Å². The molecule has 0 saturated carbocycles. The molecule has 0 heterocycles. The van der Waals surface area contributed by atoms with Crippen molar-refractivity contribution in [1.82, 2.24) is 0 Å². The molecule has 0 radical (unpaired) electrons. The van der Waals surface area contributed by atoms with E-state index in [9.17, 15) is 28.1 Å². The number of esters is 1. The quantitative estimate of drug-likeness (QED) is 0.279. The van der Waals surface area contributed by atoms with Crippen molar-refractivity contribution in [2.75, 3.05) is 22.8 Å². The molecule has 0 aromatic heterocycles. The van der Waals surface area contributed by atoms with Crippen molar-refractivity contribution in [2.45, 2.75) is 11.8 Å². The number of benzene rings is 3. The summed E-state index contributed by atoms with van der Waals surface area (Å²) in [4.78, 5) is 35.2. The van der Waals surface area contributed by atoms with E-state index in [0.717, 1.165) is 16.4 Å². The number of rotatable bonds is 9. The molecule has 3 aromatic rings. The van der Waals surface area contributed by atoms with Gasteiger partial charge in [-0.25, -0.2) is 13.2 Å². The summed E-state index contributed by atoms with van der Waals surface area (Å²) in [6, 6.07) is 18.8. The molecular weight excluding hydrogens is 462 g/mol. The minimum Gasteiger partial charge on any atom is -0.462 e. The first-order valence-electron chi connectivity index (χ1n) is 10.1. The molecule has 0 aliphatic carbocycles. The van der Waals surface area contributed by atoms with E-state index in [-0.39, 0.29) is 23.5 Å². The highest BCUT2D eigenvalue weighted by Gasteiger charge is 2.33. The van der Waals surface area contributed by atoms with Gasteiger partial charge < -0.3 is 10.1 Å². The Morgan fingerprint density at radius 3 is 2.26 bits per heavy atom. The summed E-state index contributed by atoms with van der Waals surface area (Å²) >= 11 is 0. The number of carbonyl (C=O) groups excluding carboxylic acids is 2. The van der Waals surface area contributed by atoms with Crippen LogP contribution in [0.2, 0.25) is 0 Å². The molecule has 0 aliphatic rings. The third-order valence-corrected chi connectivity index (χ3v) is 6.48. The Labute approximate surface area is 196 Å². The fourth-order valence-corrected chi connectivity index (χ4v) is 4.73. The standard InChI is InChI=1S/C23H21N3O7S/c1-2-33-23(28)18-12-6-7-13-19(18)24-22(27)16-25(17-10-4-3-5-11-17)34(31,32)21-15-9-8-14-20(21)26(29)30/h3-15H,2,16H2,1H3,(H,24,27). The van der Waals surface area contributed by atoms with Gasteiger partial charge in [-0.15, -0.1) is 0 Å². The number of hydrogen-bond acceptors (Lipinski definition) is 7. The summed E-state index contributed by atoms with van der Waals surface area (Å²) in [7, 11) is -4.51. The van der Waals surface area contributed by atoms with E-state index < -0.39 is 44.0 Å². The number of para-hydroxylation sites is 3. The number of nitrogens with one attached hydrogen (secondary N) is 1. The molecule has 0 saturated heterocycles. The Balaban J connectivity index is 1.98. The lowest BCUT2D eigenvalue weighted by atomic mass is 10.2. The predicted octanol–water partition coefficient (Wildman–Crippen LogP) is 3.61. The Morgan fingerprint density at radius 1 is 0.971 bits per heavy atom. The lowest BCUT2D eigenvalue weighted by molar-refractivity contribution is -0.387. The number of sulfonamides is 1. The number of carbonyl (C=O) groups is 2. The molecule has 1 N–H and O–H groups in total. The predicted molar refractivity (Wildman–Crippen MR) is 125 cm³/mol. The average molecular weight is 484 g/mol. The maximum atomic E-state index is 13.5. The van der Waals surface area contributed by atoms with E-state index in [1.54, 1.807) is 37.3 Å². The van der Waals surface area contributed by atoms with Gasteiger partial charge in [-0.2, -0.15) is 0 Å². The number of ether oxygens (including phenoxy) is 1. The number of nitro benzene ring substituents is 1. The van der Waals surface area contributed by atoms with Gasteiger partial charge in [0.15, 0.2) is 4.90 Å². The summed E-state index contributed by atoms with van der Waals surface area (Å²) < 4.78 is 32.7. The van der Waals surface area contributed by atoms with Gasteiger partial charge in [-0.1, -0.05) is 42.5 Å². The molecule has 0 unspecified atom stereocenters. The van der Waals surface area contributed by atoms with Gasteiger partial charge in [-0.05, 0) is 37.3 Å². The van der Waals surface area contributed by atoms with Crippen LogP contribution in [0.1, 0.15) is 17.3 Å². The molecular formula is C23H21N3O7S. The van der Waals surface area contributed by atoms with Crippen LogP contribution in [-0.4, -0.2) is 38.4 Å². The summed E-state index contributed by atoms with van der Waals surface area (Å²) in [6.07, 6.45) is 0. The summed E-state index contributed by atoms with van der Waals surface area (Å²) in [5.74, 6) is -1.41. The first-order chi connectivity index (χ1) is 16.3. The van der Waals surface area contributed by atoms with Crippen LogP contribution in [-0.2, 0) is 19.6 Å². The molecule has 0 aliphatic heterocycles. The number of amides is 1. The summed E-state index contributed by atoms with van der Waals surface area (Å²) in [5, 5.41) is 14.0. The first kappa shape index (κ1) is 24.4. The third-order valence-electron chi connectivity index (χ3n) is 4.66. The van der Waals surface area contributed by atoms with Gasteiger partial charge >= 0.3 is 5.97 Å². The Kier molecular flexibility index (Phi) is 7.59. The monoisotopic (exact) mass is 483 g/mol. The lowest BCUT2D eigenvalue weighted by Gasteiger charge is -2.24. The van der Waals surface area contributed by atoms with Gasteiger partial charge in [0.1, 0.15) is 6.54 Å². The maximum absolute atomic E-state index is 13.5. The molecule has 0 atom stereocenters. The maximum Gasteiger partial charge on any atom is 0.340 e. The van der Waals surface area contributed by atoms with E-state index >= 15 is 0 Å². The minimum absolute atomic E-state index is 0.102. The molecule has 11 heteroatoms. The Hall–Kier alpha value is -4.25. The Morgan fingerprint density at radius 2 is 1.59 bits per heavy atom. The van der Waals surface area contributed by atoms with Gasteiger partial charge in [0.2, 0.25) is 5.91 Å². The normalized spacial score (nSPS) is 10.9. The van der Waals surface area contributed by atoms with Crippen LogP contribution in [0.4, 0.5) is 17.1 Å². The Bertz CT molecular complexity index is 1310. The van der Waals surface area contributed by atoms with Crippen LogP contribution in [0.25, 0.3) is 0 Å². The minimum atomic E-state index is -4.51. The SMILES string of the molecule is CCOC(=O)c1ccccc1NC(=O)CN(c1ccccc1)S(=O)(=O)c1ccccc1[N+](=O)[O-]. The van der Waals surface area contributed by atoms with Crippen molar-refractivity contribution in [3.05, 3.63) is 94.5 Å². The second-order valence-corrected chi connectivity index (χ2v) is 8.72. The van der Waals surface area contributed by atoms with E-state index in [1.807, 2.05) is 0 Å². The topological polar surface area (TPSA) is 136 Å². The zero-order valence-corrected chi connectivity index (χ0v) is 18.9. The van der Waals surface area contributed by atoms with Crippen molar-refractivity contribution in [2.24, 2.45) is 0 Å². The fraction of sp³-hybridized carbons (Fsp3) is 0.130. The number of nitro groups is 1. The lowest BCUT2D eigenvalue weighted by Crippen LogP contribution is -2.38. The molecule has 10 nitrogen and oxygen atoms in total. The molecule has 34 heavy (non-hydrogen) atoms. The molecule has 176 valence electrons. The summed E-state index contributed by atoms with van der Waals surface area (Å²) in [5.41, 5.74) is -0.237. The van der Waals surface area contributed by atoms with Crippen LogP contribution in [0, 0.1) is 10.1 Å². The van der Waals surface area contributed by atoms with Crippen molar-refractivity contribution < 1.29 is 27.7 Å². The van der Waals surface area contributed by atoms with E-state index in [4.69, 9.17) is 4.74 Å². The van der Waals surface area contributed by atoms with Crippen molar-refractivity contribution in [3.63, 3.8) is 0 Å². The van der Waals surface area contributed by atoms with Crippen LogP contribution in [0.3, 0.4) is 0 Å². The van der Waals surface area contributed by atoms with Crippen LogP contribution < -0.4 is 9.62 Å². The zero-order chi connectivity index (χ0) is 24.7. The number of nitrogens with zero attached hydrogens (tertiary/aromatic N) is 2. The van der Waals surface area contributed by atoms with E-state index in [1.165, 1.54) is 36.4 Å². The van der Waals surface area contributed by atoms with Crippen molar-refractivity contribution in [3.8, 4) is 0 Å². The van der Waals surface area contributed by atoms with Crippen LogP contribution in [0.5, 0.6) is 0 Å². The molecule has 0 bridgehead atoms. The van der Waals surface area contributed by atoms with Crippen molar-refractivity contribution >= 4 is 39.0 Å². The van der Waals surface area contributed by atoms with Crippen LogP contribution >= 0.6 is 0 Å². The second kappa shape index (κ2) is 10.6. The molecule has 0 spiro atoms. The van der Waals surface area contributed by atoms with Gasteiger partial charge in [0.05, 0.1) is 28.5 Å². The third kappa shape index (κ3) is 5.38. The van der Waals surface area contributed by atoms with E-state index in [2.05, 4.69) is 5.32 Å². The number of hydrogen-bond donors (Lipinski definition) is 1. The highest BCUT2D eigenvalue weighted by Crippen LogP contribution is 2.29. The van der Waals surface area contributed by atoms with Crippen LogP contribution in [0.15, 0.2) is 83.8 Å². The van der Waals surface area contributed by atoms with Gasteiger partial charge in [-0.3, -0.25) is 19.2 Å². The second-order valence-electron chi connectivity index (χ2n) is 6.89.